The van der Waals surface area contributed by atoms with Crippen LogP contribution in [0.2, 0.25) is 0 Å². The topological polar surface area (TPSA) is 28.9 Å². The second-order valence-electron chi connectivity index (χ2n) is 7.54. The largest absolute Gasteiger partial charge is 0.497 e. The fourth-order valence-electron chi connectivity index (χ4n) is 4.62. The van der Waals surface area contributed by atoms with Crippen molar-refractivity contribution < 1.29 is 22.3 Å². The average Bonchev–Trinajstić information content (AvgIpc) is 3.29. The summed E-state index contributed by atoms with van der Waals surface area (Å²) in [5, 5.41) is 0. The maximum atomic E-state index is 12.7. The molecule has 0 aliphatic carbocycles. The van der Waals surface area contributed by atoms with E-state index in [1.54, 1.807) is 7.11 Å². The van der Waals surface area contributed by atoms with Crippen molar-refractivity contribution in [2.45, 2.75) is 18.8 Å². The summed E-state index contributed by atoms with van der Waals surface area (Å²) in [7, 11) is 3.79. The van der Waals surface area contributed by atoms with Crippen molar-refractivity contribution in [3.63, 3.8) is 0 Å². The van der Waals surface area contributed by atoms with Gasteiger partial charge in [0, 0.05) is 25.7 Å². The van der Waals surface area contributed by atoms with Crippen molar-refractivity contribution in [2.75, 3.05) is 33.8 Å². The third-order valence-corrected chi connectivity index (χ3v) is 5.75. The van der Waals surface area contributed by atoms with Crippen LogP contribution >= 0.6 is 0 Å². The average molecular weight is 380 g/mol. The van der Waals surface area contributed by atoms with Crippen LogP contribution in [-0.2, 0) is 12.7 Å². The second kappa shape index (κ2) is 6.87. The van der Waals surface area contributed by atoms with E-state index >= 15 is 0 Å². The normalized spacial score (nSPS) is 26.5. The molecule has 1 aromatic heterocycles. The summed E-state index contributed by atoms with van der Waals surface area (Å²) < 4.78 is 48.4. The summed E-state index contributed by atoms with van der Waals surface area (Å²) >= 11 is 0. The van der Waals surface area contributed by atoms with Crippen LogP contribution in [0.15, 0.2) is 40.8 Å². The minimum atomic E-state index is -4.43. The van der Waals surface area contributed by atoms with Gasteiger partial charge in [0.1, 0.15) is 11.5 Å². The second-order valence-corrected chi connectivity index (χ2v) is 7.54. The highest BCUT2D eigenvalue weighted by molar-refractivity contribution is 5.30. The molecular formula is C20H23F3N2O2. The lowest BCUT2D eigenvalue weighted by molar-refractivity contribution is -0.153. The first-order chi connectivity index (χ1) is 12.8. The van der Waals surface area contributed by atoms with Gasteiger partial charge in [-0.05, 0) is 48.7 Å². The molecule has 0 unspecified atom stereocenters. The first-order valence-electron chi connectivity index (χ1n) is 9.07. The molecule has 7 heteroatoms. The molecular weight excluding hydrogens is 357 g/mol. The minimum absolute atomic E-state index is 0.313. The predicted molar refractivity (Wildman–Crippen MR) is 94.3 cm³/mol. The molecule has 2 fully saturated rings. The Balaban J connectivity index is 1.45. The molecule has 4 nitrogen and oxygen atoms in total. The van der Waals surface area contributed by atoms with Crippen LogP contribution in [0.5, 0.6) is 5.75 Å². The van der Waals surface area contributed by atoms with Gasteiger partial charge in [-0.1, -0.05) is 12.1 Å². The minimum Gasteiger partial charge on any atom is -0.497 e. The zero-order valence-electron chi connectivity index (χ0n) is 15.4. The molecule has 2 aromatic rings. The molecule has 27 heavy (non-hydrogen) atoms. The molecule has 0 amide bonds. The van der Waals surface area contributed by atoms with Gasteiger partial charge in [-0.25, -0.2) is 0 Å². The van der Waals surface area contributed by atoms with Crippen molar-refractivity contribution >= 4 is 0 Å². The number of likely N-dealkylation sites (tertiary alicyclic amines) is 2. The number of furan rings is 1. The van der Waals surface area contributed by atoms with Crippen molar-refractivity contribution in [3.05, 3.63) is 53.5 Å². The lowest BCUT2D eigenvalue weighted by Crippen LogP contribution is -2.28. The highest BCUT2D eigenvalue weighted by Gasteiger charge is 2.46. The number of fused-ring (bicyclic) bond motifs is 1. The summed E-state index contributed by atoms with van der Waals surface area (Å²) in [6.07, 6.45) is -4.43. The summed E-state index contributed by atoms with van der Waals surface area (Å²) in [4.78, 5) is 4.58. The Kier molecular flexibility index (Phi) is 4.68. The van der Waals surface area contributed by atoms with E-state index in [2.05, 4.69) is 29.0 Å². The fourth-order valence-corrected chi connectivity index (χ4v) is 4.62. The standard InChI is InChI=1S/C20H23F3N2O2/c1-24-9-14-10-25(11-16-7-8-18(27-16)20(21,22)23)12-17(14)19(24)13-3-5-15(26-2)6-4-13/h3-8,14,17,19H,9-12H2,1-2H3/t14-,17+,19-/m0/s1. The SMILES string of the molecule is COc1ccc([C@H]2[C@@H]3CN(Cc4ccc(C(F)(F)F)o4)C[C@@H]3CN2C)cc1. The third kappa shape index (κ3) is 3.58. The molecule has 0 radical (unpaired) electrons. The molecule has 2 saturated heterocycles. The van der Waals surface area contributed by atoms with Gasteiger partial charge in [0.2, 0.25) is 5.76 Å². The molecule has 0 bridgehead atoms. The van der Waals surface area contributed by atoms with E-state index in [1.165, 1.54) is 11.6 Å². The number of nitrogens with zero attached hydrogens (tertiary/aromatic N) is 2. The molecule has 1 aromatic carbocycles. The molecule has 2 aliphatic rings. The Labute approximate surface area is 156 Å². The number of alkyl halides is 3. The predicted octanol–water partition coefficient (Wildman–Crippen LogP) is 4.04. The molecule has 4 rings (SSSR count). The van der Waals surface area contributed by atoms with Gasteiger partial charge < -0.3 is 9.15 Å². The quantitative estimate of drug-likeness (QED) is 0.801. The van der Waals surface area contributed by atoms with E-state index in [-0.39, 0.29) is 0 Å². The van der Waals surface area contributed by atoms with E-state index < -0.39 is 11.9 Å². The lowest BCUT2D eigenvalue weighted by atomic mass is 9.89. The number of ether oxygens (including phenoxy) is 1. The zero-order valence-corrected chi connectivity index (χ0v) is 15.4. The summed E-state index contributed by atoms with van der Waals surface area (Å²) in [6, 6.07) is 10.9. The van der Waals surface area contributed by atoms with Crippen molar-refractivity contribution in [3.8, 4) is 5.75 Å². The molecule has 3 atom stereocenters. The molecule has 3 heterocycles. The Morgan fingerprint density at radius 3 is 2.44 bits per heavy atom. The van der Waals surface area contributed by atoms with E-state index in [1.807, 2.05) is 12.1 Å². The van der Waals surface area contributed by atoms with Crippen LogP contribution in [0.1, 0.15) is 23.1 Å². The van der Waals surface area contributed by atoms with Crippen LogP contribution in [0.3, 0.4) is 0 Å². The third-order valence-electron chi connectivity index (χ3n) is 5.75. The van der Waals surface area contributed by atoms with E-state index in [4.69, 9.17) is 9.15 Å². The number of methoxy groups -OCH3 is 1. The molecule has 2 aliphatic heterocycles. The summed E-state index contributed by atoms with van der Waals surface area (Å²) in [6.45, 7) is 3.14. The monoisotopic (exact) mass is 380 g/mol. The number of hydrogen-bond donors (Lipinski definition) is 0. The van der Waals surface area contributed by atoms with E-state index in [0.717, 1.165) is 31.5 Å². The van der Waals surface area contributed by atoms with Gasteiger partial charge in [0.15, 0.2) is 0 Å². The zero-order chi connectivity index (χ0) is 19.2. The van der Waals surface area contributed by atoms with Crippen LogP contribution < -0.4 is 4.74 Å². The van der Waals surface area contributed by atoms with E-state index in [9.17, 15) is 13.2 Å². The van der Waals surface area contributed by atoms with Gasteiger partial charge in [-0.2, -0.15) is 13.2 Å². The number of rotatable bonds is 4. The Bertz CT molecular complexity index is 787. The molecule has 0 saturated carbocycles. The van der Waals surface area contributed by atoms with Gasteiger partial charge in [0.05, 0.1) is 13.7 Å². The maximum absolute atomic E-state index is 12.7. The Hall–Kier alpha value is -1.99. The summed E-state index contributed by atoms with van der Waals surface area (Å²) in [5.74, 6) is 1.26. The first kappa shape index (κ1) is 18.4. The van der Waals surface area contributed by atoms with Gasteiger partial charge in [0.25, 0.3) is 0 Å². The maximum Gasteiger partial charge on any atom is 0.449 e. The highest BCUT2D eigenvalue weighted by Crippen LogP contribution is 2.44. The fraction of sp³-hybridized carbons (Fsp3) is 0.500. The van der Waals surface area contributed by atoms with Crippen molar-refractivity contribution in [2.24, 2.45) is 11.8 Å². The number of hydrogen-bond acceptors (Lipinski definition) is 4. The first-order valence-corrected chi connectivity index (χ1v) is 9.07. The van der Waals surface area contributed by atoms with Crippen LogP contribution in [0.4, 0.5) is 13.2 Å². The van der Waals surface area contributed by atoms with E-state index in [0.29, 0.717) is 30.2 Å². The number of benzene rings is 1. The van der Waals surface area contributed by atoms with Crippen LogP contribution in [-0.4, -0.2) is 43.6 Å². The molecule has 146 valence electrons. The number of halogens is 3. The molecule has 0 spiro atoms. The van der Waals surface area contributed by atoms with Gasteiger partial charge in [-0.15, -0.1) is 0 Å². The van der Waals surface area contributed by atoms with Gasteiger partial charge >= 0.3 is 6.18 Å². The smallest absolute Gasteiger partial charge is 0.449 e. The van der Waals surface area contributed by atoms with Crippen LogP contribution in [0, 0.1) is 11.8 Å². The Morgan fingerprint density at radius 1 is 1.07 bits per heavy atom. The van der Waals surface area contributed by atoms with Crippen molar-refractivity contribution in [1.29, 1.82) is 0 Å². The molecule has 0 N–H and O–H groups in total. The van der Waals surface area contributed by atoms with Crippen LogP contribution in [0.25, 0.3) is 0 Å². The Morgan fingerprint density at radius 2 is 1.81 bits per heavy atom. The van der Waals surface area contributed by atoms with Crippen molar-refractivity contribution in [1.82, 2.24) is 9.80 Å². The lowest BCUT2D eigenvalue weighted by Gasteiger charge is -2.26. The highest BCUT2D eigenvalue weighted by atomic mass is 19.4. The van der Waals surface area contributed by atoms with Gasteiger partial charge in [-0.3, -0.25) is 9.80 Å². The summed E-state index contributed by atoms with van der Waals surface area (Å²) in [5.41, 5.74) is 1.25.